The maximum Gasteiger partial charge on any atom is 0.451 e. The highest BCUT2D eigenvalue weighted by molar-refractivity contribution is 7.14. The van der Waals surface area contributed by atoms with Crippen molar-refractivity contribution in [2.75, 3.05) is 13.1 Å². The standard InChI is InChI=1S/C21H20F3N5O2S/c1-11-6-26-19(32-11)14-3-13(4-16(5-14)31-17-9-25-10-17)18(30)29-12(2)15-7-27-20(28-8-15)21(22,23)24/h3-8,12,17,25H,9-10H2,1-2H3,(H,29,30)/t12-/m1/s1. The molecule has 0 bridgehead atoms. The summed E-state index contributed by atoms with van der Waals surface area (Å²) < 4.78 is 44.0. The maximum absolute atomic E-state index is 12.9. The first-order valence-electron chi connectivity index (χ1n) is 9.84. The first kappa shape index (κ1) is 22.2. The number of aromatic nitrogens is 3. The van der Waals surface area contributed by atoms with Crippen molar-refractivity contribution in [2.24, 2.45) is 0 Å². The number of nitrogens with one attached hydrogen (secondary N) is 2. The summed E-state index contributed by atoms with van der Waals surface area (Å²) in [5, 5.41) is 6.67. The number of benzene rings is 1. The van der Waals surface area contributed by atoms with Crippen LogP contribution in [0.5, 0.6) is 5.75 Å². The highest BCUT2D eigenvalue weighted by Gasteiger charge is 2.34. The van der Waals surface area contributed by atoms with Crippen LogP contribution in [-0.2, 0) is 6.18 Å². The normalized spacial score (nSPS) is 15.2. The number of halogens is 3. The van der Waals surface area contributed by atoms with E-state index in [9.17, 15) is 18.0 Å². The number of nitrogens with zero attached hydrogens (tertiary/aromatic N) is 3. The first-order valence-corrected chi connectivity index (χ1v) is 10.7. The lowest BCUT2D eigenvalue weighted by molar-refractivity contribution is -0.145. The topological polar surface area (TPSA) is 89.0 Å². The molecule has 3 heterocycles. The number of thiazole rings is 1. The Morgan fingerprint density at radius 1 is 1.19 bits per heavy atom. The molecule has 1 saturated heterocycles. The number of rotatable bonds is 6. The van der Waals surface area contributed by atoms with Crippen LogP contribution < -0.4 is 15.4 Å². The molecule has 4 rings (SSSR count). The van der Waals surface area contributed by atoms with Gasteiger partial charge in [0.15, 0.2) is 0 Å². The third-order valence-corrected chi connectivity index (χ3v) is 5.82. The van der Waals surface area contributed by atoms with Gasteiger partial charge in [-0.25, -0.2) is 15.0 Å². The van der Waals surface area contributed by atoms with Crippen molar-refractivity contribution in [1.82, 2.24) is 25.6 Å². The SMILES string of the molecule is Cc1cnc(-c2cc(OC3CNC3)cc(C(=O)N[C@H](C)c3cnc(C(F)(F)F)nc3)c2)s1. The Balaban J connectivity index is 1.55. The predicted molar refractivity (Wildman–Crippen MR) is 112 cm³/mol. The smallest absolute Gasteiger partial charge is 0.451 e. The van der Waals surface area contributed by atoms with Crippen molar-refractivity contribution < 1.29 is 22.7 Å². The average Bonchev–Trinajstić information content (AvgIpc) is 3.16. The van der Waals surface area contributed by atoms with Crippen LogP contribution in [0.15, 0.2) is 36.8 Å². The van der Waals surface area contributed by atoms with Gasteiger partial charge in [0.05, 0.1) is 6.04 Å². The monoisotopic (exact) mass is 463 g/mol. The van der Waals surface area contributed by atoms with Crippen LogP contribution in [0.1, 0.15) is 39.6 Å². The van der Waals surface area contributed by atoms with E-state index in [1.54, 1.807) is 25.3 Å². The molecule has 2 N–H and O–H groups in total. The second-order valence-corrected chi connectivity index (χ2v) is 8.69. The molecule has 1 aliphatic rings. The molecule has 11 heteroatoms. The fraction of sp³-hybridized carbons (Fsp3) is 0.333. The van der Waals surface area contributed by atoms with Gasteiger partial charge in [-0.3, -0.25) is 4.79 Å². The highest BCUT2D eigenvalue weighted by Crippen LogP contribution is 2.30. The number of carbonyl (C=O) groups is 1. The molecule has 0 spiro atoms. The average molecular weight is 463 g/mol. The minimum absolute atomic E-state index is 0.0300. The number of amides is 1. The highest BCUT2D eigenvalue weighted by atomic mass is 32.1. The molecule has 168 valence electrons. The molecule has 2 aromatic heterocycles. The molecule has 7 nitrogen and oxygen atoms in total. The minimum atomic E-state index is -4.62. The zero-order chi connectivity index (χ0) is 22.9. The van der Waals surface area contributed by atoms with E-state index in [-0.39, 0.29) is 6.10 Å². The minimum Gasteiger partial charge on any atom is -0.488 e. The Morgan fingerprint density at radius 3 is 2.47 bits per heavy atom. The van der Waals surface area contributed by atoms with Crippen LogP contribution in [-0.4, -0.2) is 40.1 Å². The van der Waals surface area contributed by atoms with Crippen molar-refractivity contribution in [3.05, 3.63) is 58.6 Å². The van der Waals surface area contributed by atoms with Crippen LogP contribution in [0.25, 0.3) is 10.6 Å². The third-order valence-electron chi connectivity index (χ3n) is 4.86. The van der Waals surface area contributed by atoms with Gasteiger partial charge in [0.1, 0.15) is 16.9 Å². The van der Waals surface area contributed by atoms with Crippen LogP contribution in [0.2, 0.25) is 0 Å². The zero-order valence-corrected chi connectivity index (χ0v) is 18.0. The molecule has 3 aromatic rings. The molecule has 32 heavy (non-hydrogen) atoms. The van der Waals surface area contributed by atoms with Crippen molar-refractivity contribution in [1.29, 1.82) is 0 Å². The lowest BCUT2D eigenvalue weighted by Crippen LogP contribution is -2.50. The fourth-order valence-corrected chi connectivity index (χ4v) is 3.77. The summed E-state index contributed by atoms with van der Waals surface area (Å²) in [6, 6.07) is 4.61. The van der Waals surface area contributed by atoms with Gasteiger partial charge in [0, 0.05) is 53.2 Å². The lowest BCUT2D eigenvalue weighted by atomic mass is 10.1. The van der Waals surface area contributed by atoms with Gasteiger partial charge < -0.3 is 15.4 Å². The van der Waals surface area contributed by atoms with E-state index in [2.05, 4.69) is 25.6 Å². The second-order valence-electron chi connectivity index (χ2n) is 7.45. The number of hydrogen-bond acceptors (Lipinski definition) is 7. The number of hydrogen-bond donors (Lipinski definition) is 2. The van der Waals surface area contributed by atoms with Gasteiger partial charge in [-0.1, -0.05) is 0 Å². The number of alkyl halides is 3. The van der Waals surface area contributed by atoms with Gasteiger partial charge in [0.2, 0.25) is 5.82 Å². The quantitative estimate of drug-likeness (QED) is 0.579. The predicted octanol–water partition coefficient (Wildman–Crippen LogP) is 3.77. The number of ether oxygens (including phenoxy) is 1. The molecule has 0 aliphatic carbocycles. The van der Waals surface area contributed by atoms with E-state index < -0.39 is 23.9 Å². The third kappa shape index (κ3) is 5.05. The summed E-state index contributed by atoms with van der Waals surface area (Å²) in [7, 11) is 0. The van der Waals surface area contributed by atoms with Gasteiger partial charge in [-0.15, -0.1) is 11.3 Å². The van der Waals surface area contributed by atoms with E-state index >= 15 is 0 Å². The van der Waals surface area contributed by atoms with Crippen LogP contribution >= 0.6 is 11.3 Å². The molecule has 1 aromatic carbocycles. The molecule has 0 unspecified atom stereocenters. The molecule has 1 aliphatic heterocycles. The summed E-state index contributed by atoms with van der Waals surface area (Å²) in [4.78, 5) is 25.1. The summed E-state index contributed by atoms with van der Waals surface area (Å²) >= 11 is 1.50. The van der Waals surface area contributed by atoms with E-state index in [1.165, 1.54) is 11.3 Å². The molecule has 1 atom stereocenters. The summed E-state index contributed by atoms with van der Waals surface area (Å²) in [5.41, 5.74) is 1.47. The Bertz CT molecular complexity index is 1110. The van der Waals surface area contributed by atoms with E-state index in [4.69, 9.17) is 4.74 Å². The molecular formula is C21H20F3N5O2S. The van der Waals surface area contributed by atoms with Crippen molar-refractivity contribution in [3.8, 4) is 16.3 Å². The largest absolute Gasteiger partial charge is 0.488 e. The summed E-state index contributed by atoms with van der Waals surface area (Å²) in [6.45, 7) is 5.05. The van der Waals surface area contributed by atoms with Crippen molar-refractivity contribution in [2.45, 2.75) is 32.2 Å². The Hall–Kier alpha value is -3.05. The Labute approximate surface area is 186 Å². The molecule has 1 amide bonds. The second kappa shape index (κ2) is 8.83. The van der Waals surface area contributed by atoms with Crippen molar-refractivity contribution in [3.63, 3.8) is 0 Å². The van der Waals surface area contributed by atoms with Crippen LogP contribution in [0, 0.1) is 6.92 Å². The first-order chi connectivity index (χ1) is 15.2. The van der Waals surface area contributed by atoms with E-state index in [1.807, 2.05) is 13.0 Å². The van der Waals surface area contributed by atoms with Crippen molar-refractivity contribution >= 4 is 17.2 Å². The van der Waals surface area contributed by atoms with Crippen LogP contribution in [0.4, 0.5) is 13.2 Å². The molecule has 1 fully saturated rings. The zero-order valence-electron chi connectivity index (χ0n) is 17.2. The Morgan fingerprint density at radius 2 is 1.91 bits per heavy atom. The van der Waals surface area contributed by atoms with E-state index in [0.29, 0.717) is 16.9 Å². The van der Waals surface area contributed by atoms with Gasteiger partial charge in [0.25, 0.3) is 5.91 Å². The van der Waals surface area contributed by atoms with Gasteiger partial charge >= 0.3 is 6.18 Å². The molecule has 0 radical (unpaired) electrons. The maximum atomic E-state index is 12.9. The number of aryl methyl sites for hydroxylation is 1. The summed E-state index contributed by atoms with van der Waals surface area (Å²) in [6.07, 6.45) is -0.703. The lowest BCUT2D eigenvalue weighted by Gasteiger charge is -2.28. The van der Waals surface area contributed by atoms with Gasteiger partial charge in [-0.2, -0.15) is 13.2 Å². The number of carbonyl (C=O) groups excluding carboxylic acids is 1. The Kier molecular flexibility index (Phi) is 6.11. The molecule has 0 saturated carbocycles. The fourth-order valence-electron chi connectivity index (χ4n) is 3.02. The van der Waals surface area contributed by atoms with Crippen LogP contribution in [0.3, 0.4) is 0 Å². The molecular weight excluding hydrogens is 443 g/mol. The summed E-state index contributed by atoms with van der Waals surface area (Å²) in [5.74, 6) is -1.07. The van der Waals surface area contributed by atoms with E-state index in [0.717, 1.165) is 40.9 Å². The van der Waals surface area contributed by atoms with Gasteiger partial charge in [-0.05, 0) is 32.0 Å².